The maximum absolute atomic E-state index is 12.5. The number of aromatic nitrogens is 2. The van der Waals surface area contributed by atoms with Crippen LogP contribution in [-0.2, 0) is 27.2 Å². The van der Waals surface area contributed by atoms with E-state index in [0.717, 1.165) is 17.1 Å². The number of aliphatic hydroxyl groups is 1. The molecule has 2 heterocycles. The van der Waals surface area contributed by atoms with Gasteiger partial charge in [0.05, 0.1) is 24.4 Å². The third-order valence-corrected chi connectivity index (χ3v) is 4.16. The topological polar surface area (TPSA) is 98.1 Å². The second-order valence-electron chi connectivity index (χ2n) is 6.06. The van der Waals surface area contributed by atoms with Gasteiger partial charge in [0.15, 0.2) is 5.82 Å². The van der Waals surface area contributed by atoms with Gasteiger partial charge in [0, 0.05) is 26.2 Å². The van der Waals surface area contributed by atoms with Crippen LogP contribution in [0.4, 0.5) is 0 Å². The van der Waals surface area contributed by atoms with Crippen LogP contribution in [-0.4, -0.2) is 60.7 Å². The second kappa shape index (κ2) is 9.98. The average Bonchev–Trinajstić information content (AvgIpc) is 2.60. The fourth-order valence-electron chi connectivity index (χ4n) is 3.03. The molecule has 3 N–H and O–H groups in total. The number of ether oxygens (including phenoxy) is 3. The summed E-state index contributed by atoms with van der Waals surface area (Å²) >= 11 is 0. The van der Waals surface area contributed by atoms with Crippen LogP contribution in [0.5, 0.6) is 0 Å². The van der Waals surface area contributed by atoms with Crippen LogP contribution in [0, 0.1) is 0 Å². The molecule has 0 saturated heterocycles. The predicted octanol–water partition coefficient (Wildman–Crippen LogP) is -0.820. The third kappa shape index (κ3) is 5.58. The van der Waals surface area contributed by atoms with Crippen molar-refractivity contribution in [2.24, 2.45) is 0 Å². The largest absolute Gasteiger partial charge is 0.385 e. The number of nitrogens with zero attached hydrogens (tertiary/aromatic N) is 1. The molecule has 8 nitrogen and oxygen atoms in total. The SMILES string of the molecule is CCOC[C@H](O)C[NH+]1CCc2nc(C(OCC)OCC)[nH]c(=O)c2C1. The fraction of sp³-hybridized carbons (Fsp3) is 0.765. The molecular formula is C17H30N3O5+. The molecule has 25 heavy (non-hydrogen) atoms. The van der Waals surface area contributed by atoms with Gasteiger partial charge in [-0.15, -0.1) is 0 Å². The molecule has 0 radical (unpaired) electrons. The van der Waals surface area contributed by atoms with Gasteiger partial charge in [-0.25, -0.2) is 4.98 Å². The first-order chi connectivity index (χ1) is 12.1. The molecule has 0 aliphatic carbocycles. The Morgan fingerprint density at radius 1 is 1.24 bits per heavy atom. The van der Waals surface area contributed by atoms with Crippen LogP contribution < -0.4 is 10.5 Å². The number of nitrogens with one attached hydrogen (secondary N) is 2. The van der Waals surface area contributed by atoms with Crippen LogP contribution >= 0.6 is 0 Å². The van der Waals surface area contributed by atoms with Crippen LogP contribution in [0.1, 0.15) is 44.1 Å². The number of fused-ring (bicyclic) bond motifs is 1. The molecule has 1 aliphatic heterocycles. The Morgan fingerprint density at radius 2 is 1.96 bits per heavy atom. The molecular weight excluding hydrogens is 326 g/mol. The highest BCUT2D eigenvalue weighted by Crippen LogP contribution is 2.15. The lowest BCUT2D eigenvalue weighted by atomic mass is 10.1. The Morgan fingerprint density at radius 3 is 2.60 bits per heavy atom. The van der Waals surface area contributed by atoms with Gasteiger partial charge in [-0.1, -0.05) is 0 Å². The van der Waals surface area contributed by atoms with E-state index in [1.54, 1.807) is 0 Å². The maximum Gasteiger partial charge on any atom is 0.260 e. The Hall–Kier alpha value is -1.32. The van der Waals surface area contributed by atoms with Crippen molar-refractivity contribution in [1.82, 2.24) is 9.97 Å². The second-order valence-corrected chi connectivity index (χ2v) is 6.06. The summed E-state index contributed by atoms with van der Waals surface area (Å²) < 4.78 is 16.3. The zero-order valence-electron chi connectivity index (χ0n) is 15.3. The standard InChI is InChI=1S/C17H29N3O5/c1-4-23-11-12(21)9-20-8-7-14-13(10-20)16(22)19-15(18-14)17(24-5-2)25-6-3/h12,17,21H,4-11H2,1-3H3,(H,18,19,22)/p+1/t12-/m1/s1. The molecule has 1 aromatic heterocycles. The highest BCUT2D eigenvalue weighted by Gasteiger charge is 2.27. The van der Waals surface area contributed by atoms with Crippen molar-refractivity contribution in [2.75, 3.05) is 39.5 Å². The predicted molar refractivity (Wildman–Crippen MR) is 91.5 cm³/mol. The van der Waals surface area contributed by atoms with Gasteiger partial charge in [0.25, 0.3) is 5.56 Å². The lowest BCUT2D eigenvalue weighted by molar-refractivity contribution is -0.919. The summed E-state index contributed by atoms with van der Waals surface area (Å²) in [7, 11) is 0. The summed E-state index contributed by atoms with van der Waals surface area (Å²) in [6.07, 6.45) is -0.483. The summed E-state index contributed by atoms with van der Waals surface area (Å²) in [6.45, 7) is 9.43. The highest BCUT2D eigenvalue weighted by atomic mass is 16.7. The molecule has 1 unspecified atom stereocenters. The molecule has 0 spiro atoms. The number of H-pyrrole nitrogens is 1. The summed E-state index contributed by atoms with van der Waals surface area (Å²) in [5, 5.41) is 10.0. The van der Waals surface area contributed by atoms with E-state index in [-0.39, 0.29) is 5.56 Å². The van der Waals surface area contributed by atoms with E-state index >= 15 is 0 Å². The van der Waals surface area contributed by atoms with Crippen molar-refractivity contribution in [3.05, 3.63) is 27.4 Å². The van der Waals surface area contributed by atoms with Crippen LogP contribution in [0.25, 0.3) is 0 Å². The Kier molecular flexibility index (Phi) is 7.98. The van der Waals surface area contributed by atoms with Crippen molar-refractivity contribution >= 4 is 0 Å². The molecule has 1 aliphatic rings. The molecule has 1 aromatic rings. The van der Waals surface area contributed by atoms with E-state index in [0.29, 0.717) is 57.3 Å². The first-order valence-electron chi connectivity index (χ1n) is 9.03. The Bertz CT molecular complexity index is 586. The summed E-state index contributed by atoms with van der Waals surface area (Å²) in [5.41, 5.74) is 1.33. The zero-order valence-corrected chi connectivity index (χ0v) is 15.3. The lowest BCUT2D eigenvalue weighted by Gasteiger charge is -2.27. The lowest BCUT2D eigenvalue weighted by Crippen LogP contribution is -3.13. The van der Waals surface area contributed by atoms with Gasteiger partial charge in [0.1, 0.15) is 19.2 Å². The molecule has 8 heteroatoms. The molecule has 142 valence electrons. The van der Waals surface area contributed by atoms with Gasteiger partial charge >= 0.3 is 0 Å². The van der Waals surface area contributed by atoms with E-state index < -0.39 is 12.4 Å². The third-order valence-electron chi connectivity index (χ3n) is 4.16. The van der Waals surface area contributed by atoms with Crippen molar-refractivity contribution in [2.45, 2.75) is 46.1 Å². The molecule has 0 aromatic carbocycles. The molecule has 2 rings (SSSR count). The quantitative estimate of drug-likeness (QED) is 0.474. The average molecular weight is 356 g/mol. The number of aliphatic hydroxyl groups excluding tert-OH is 1. The van der Waals surface area contributed by atoms with Gasteiger partial charge in [0.2, 0.25) is 6.29 Å². The number of hydrogen-bond donors (Lipinski definition) is 3. The minimum Gasteiger partial charge on any atom is -0.385 e. The van der Waals surface area contributed by atoms with E-state index in [1.807, 2.05) is 20.8 Å². The Balaban J connectivity index is 2.09. The maximum atomic E-state index is 12.5. The molecule has 0 saturated carbocycles. The van der Waals surface area contributed by atoms with Crippen molar-refractivity contribution in [1.29, 1.82) is 0 Å². The number of rotatable bonds is 10. The van der Waals surface area contributed by atoms with Gasteiger partial charge < -0.3 is 29.2 Å². The highest BCUT2D eigenvalue weighted by molar-refractivity contribution is 5.19. The minimum atomic E-state index is -0.647. The van der Waals surface area contributed by atoms with Crippen molar-refractivity contribution in [3.8, 4) is 0 Å². The van der Waals surface area contributed by atoms with Gasteiger partial charge in [-0.3, -0.25) is 4.79 Å². The first-order valence-corrected chi connectivity index (χ1v) is 9.03. The summed E-state index contributed by atoms with van der Waals surface area (Å²) in [5.74, 6) is 0.423. The molecule has 0 amide bonds. The first kappa shape index (κ1) is 20.0. The minimum absolute atomic E-state index is 0.152. The molecule has 2 atom stereocenters. The van der Waals surface area contributed by atoms with E-state index in [1.165, 1.54) is 0 Å². The van der Waals surface area contributed by atoms with Crippen molar-refractivity contribution in [3.63, 3.8) is 0 Å². The summed E-state index contributed by atoms with van der Waals surface area (Å²) in [6, 6.07) is 0. The molecule has 0 fully saturated rings. The van der Waals surface area contributed by atoms with Crippen LogP contribution in [0.3, 0.4) is 0 Å². The fourth-order valence-corrected chi connectivity index (χ4v) is 3.03. The zero-order chi connectivity index (χ0) is 18.2. The smallest absolute Gasteiger partial charge is 0.260 e. The number of aromatic amines is 1. The van der Waals surface area contributed by atoms with E-state index in [9.17, 15) is 9.90 Å². The molecule has 0 bridgehead atoms. The summed E-state index contributed by atoms with van der Waals surface area (Å²) in [4.78, 5) is 21.0. The number of hydrogen-bond acceptors (Lipinski definition) is 6. The van der Waals surface area contributed by atoms with Crippen LogP contribution in [0.2, 0.25) is 0 Å². The monoisotopic (exact) mass is 356 g/mol. The van der Waals surface area contributed by atoms with E-state index in [2.05, 4.69) is 9.97 Å². The van der Waals surface area contributed by atoms with Gasteiger partial charge in [-0.05, 0) is 20.8 Å². The Labute approximate surface area is 148 Å². The van der Waals surface area contributed by atoms with Crippen molar-refractivity contribution < 1.29 is 24.2 Å². The van der Waals surface area contributed by atoms with E-state index in [4.69, 9.17) is 14.2 Å². The number of quaternary nitrogens is 1. The van der Waals surface area contributed by atoms with Crippen LogP contribution in [0.15, 0.2) is 4.79 Å². The van der Waals surface area contributed by atoms with Gasteiger partial charge in [-0.2, -0.15) is 0 Å². The normalized spacial score (nSPS) is 18.4.